The largest absolute Gasteiger partial charge is 0.497 e. The summed E-state index contributed by atoms with van der Waals surface area (Å²) in [5, 5.41) is 0. The van der Waals surface area contributed by atoms with Gasteiger partial charge in [-0.2, -0.15) is 0 Å². The van der Waals surface area contributed by atoms with E-state index in [1.54, 1.807) is 7.11 Å². The van der Waals surface area contributed by atoms with E-state index >= 15 is 0 Å². The third-order valence-corrected chi connectivity index (χ3v) is 3.41. The highest BCUT2D eigenvalue weighted by molar-refractivity contribution is 5.60. The van der Waals surface area contributed by atoms with E-state index in [0.29, 0.717) is 0 Å². The zero-order chi connectivity index (χ0) is 13.8. The maximum absolute atomic E-state index is 5.19. The predicted octanol–water partition coefficient (Wildman–Crippen LogP) is 4.21. The molecule has 0 fully saturated rings. The van der Waals surface area contributed by atoms with Crippen LogP contribution >= 0.6 is 0 Å². The van der Waals surface area contributed by atoms with Crippen LogP contribution in [0.4, 0.5) is 0 Å². The first-order valence-corrected chi connectivity index (χ1v) is 6.70. The van der Waals surface area contributed by atoms with Crippen molar-refractivity contribution in [2.75, 3.05) is 7.11 Å². The quantitative estimate of drug-likeness (QED) is 0.687. The Labute approximate surface area is 119 Å². The minimum absolute atomic E-state index is 0.862. The van der Waals surface area contributed by atoms with Gasteiger partial charge in [-0.3, -0.25) is 0 Å². The van der Waals surface area contributed by atoms with Crippen LogP contribution in [0.2, 0.25) is 0 Å². The van der Waals surface area contributed by atoms with Crippen LogP contribution in [0.5, 0.6) is 5.75 Å². The van der Waals surface area contributed by atoms with Crippen LogP contribution in [0.15, 0.2) is 72.9 Å². The van der Waals surface area contributed by atoms with Crippen molar-refractivity contribution in [2.24, 2.45) is 0 Å². The van der Waals surface area contributed by atoms with Crippen LogP contribution in [-0.2, 0) is 6.54 Å². The van der Waals surface area contributed by atoms with E-state index in [-0.39, 0.29) is 0 Å². The molecule has 3 rings (SSSR count). The molecule has 0 aliphatic carbocycles. The average Bonchev–Trinajstić information content (AvgIpc) is 2.97. The highest BCUT2D eigenvalue weighted by atomic mass is 16.5. The predicted molar refractivity (Wildman–Crippen MR) is 82.0 cm³/mol. The third-order valence-electron chi connectivity index (χ3n) is 3.41. The number of hydrogen-bond acceptors (Lipinski definition) is 1. The molecule has 2 nitrogen and oxygen atoms in total. The molecule has 0 N–H and O–H groups in total. The van der Waals surface area contributed by atoms with Gasteiger partial charge in [-0.05, 0) is 35.4 Å². The van der Waals surface area contributed by atoms with Crippen molar-refractivity contribution in [1.82, 2.24) is 4.57 Å². The molecule has 0 aliphatic heterocycles. The van der Waals surface area contributed by atoms with Gasteiger partial charge >= 0.3 is 0 Å². The van der Waals surface area contributed by atoms with Gasteiger partial charge in [0.05, 0.1) is 7.11 Å². The molecule has 20 heavy (non-hydrogen) atoms. The van der Waals surface area contributed by atoms with Crippen molar-refractivity contribution < 1.29 is 4.74 Å². The molecule has 3 aromatic rings. The normalized spacial score (nSPS) is 10.4. The van der Waals surface area contributed by atoms with Crippen LogP contribution < -0.4 is 4.74 Å². The van der Waals surface area contributed by atoms with Crippen LogP contribution in [0.1, 0.15) is 5.56 Å². The Hall–Kier alpha value is -2.48. The van der Waals surface area contributed by atoms with Crippen LogP contribution in [0, 0.1) is 0 Å². The van der Waals surface area contributed by atoms with E-state index < -0.39 is 0 Å². The van der Waals surface area contributed by atoms with E-state index in [0.717, 1.165) is 12.3 Å². The lowest BCUT2D eigenvalue weighted by atomic mass is 10.1. The molecule has 1 heterocycles. The maximum Gasteiger partial charge on any atom is 0.118 e. The van der Waals surface area contributed by atoms with Crippen LogP contribution in [-0.4, -0.2) is 11.7 Å². The molecule has 2 aromatic carbocycles. The summed E-state index contributed by atoms with van der Waals surface area (Å²) in [5.74, 6) is 0.893. The molecule has 0 amide bonds. The second-order valence-corrected chi connectivity index (χ2v) is 4.74. The Bertz CT molecular complexity index is 668. The van der Waals surface area contributed by atoms with Crippen molar-refractivity contribution in [3.63, 3.8) is 0 Å². The zero-order valence-electron chi connectivity index (χ0n) is 11.5. The summed E-state index contributed by atoms with van der Waals surface area (Å²) in [7, 11) is 1.69. The number of aromatic nitrogens is 1. The second kappa shape index (κ2) is 5.66. The molecule has 0 spiro atoms. The fourth-order valence-corrected chi connectivity index (χ4v) is 2.35. The second-order valence-electron chi connectivity index (χ2n) is 4.74. The highest BCUT2D eigenvalue weighted by Crippen LogP contribution is 2.21. The van der Waals surface area contributed by atoms with Gasteiger partial charge in [0.25, 0.3) is 0 Å². The van der Waals surface area contributed by atoms with Crippen molar-refractivity contribution >= 4 is 0 Å². The molecular formula is C18H17NO. The van der Waals surface area contributed by atoms with Gasteiger partial charge in [-0.1, -0.05) is 42.5 Å². The van der Waals surface area contributed by atoms with Crippen molar-refractivity contribution in [2.45, 2.75) is 6.54 Å². The number of nitrogens with zero attached hydrogens (tertiary/aromatic N) is 1. The van der Waals surface area contributed by atoms with Crippen LogP contribution in [0.25, 0.3) is 11.3 Å². The molecule has 0 bridgehead atoms. The SMILES string of the molecule is COc1ccc(Cn2cccc2-c2ccccc2)cc1. The molecule has 0 unspecified atom stereocenters. The van der Waals surface area contributed by atoms with Crippen molar-refractivity contribution in [3.8, 4) is 17.0 Å². The summed E-state index contributed by atoms with van der Waals surface area (Å²) < 4.78 is 7.45. The standard InChI is InChI=1S/C18H17NO/c1-20-17-11-9-15(10-12-17)14-19-13-5-8-18(19)16-6-3-2-4-7-16/h2-13H,14H2,1H3. The number of hydrogen-bond donors (Lipinski definition) is 0. The Morgan fingerprint density at radius 1 is 0.850 bits per heavy atom. The van der Waals surface area contributed by atoms with Gasteiger partial charge in [0.2, 0.25) is 0 Å². The van der Waals surface area contributed by atoms with E-state index in [1.165, 1.54) is 16.8 Å². The van der Waals surface area contributed by atoms with Gasteiger partial charge in [0.1, 0.15) is 5.75 Å². The molecule has 0 aliphatic rings. The van der Waals surface area contributed by atoms with Crippen LogP contribution in [0.3, 0.4) is 0 Å². The summed E-state index contributed by atoms with van der Waals surface area (Å²) in [4.78, 5) is 0. The first kappa shape index (κ1) is 12.5. The lowest BCUT2D eigenvalue weighted by Crippen LogP contribution is -2.00. The Kier molecular flexibility index (Phi) is 3.55. The molecular weight excluding hydrogens is 246 g/mol. The molecule has 0 radical (unpaired) electrons. The van der Waals surface area contributed by atoms with Crippen molar-refractivity contribution in [1.29, 1.82) is 0 Å². The molecule has 100 valence electrons. The maximum atomic E-state index is 5.19. The molecule has 1 aromatic heterocycles. The smallest absolute Gasteiger partial charge is 0.118 e. The average molecular weight is 263 g/mol. The van der Waals surface area contributed by atoms with Gasteiger partial charge in [-0.15, -0.1) is 0 Å². The molecule has 0 atom stereocenters. The number of methoxy groups -OCH3 is 1. The number of rotatable bonds is 4. The first-order chi connectivity index (χ1) is 9.86. The lowest BCUT2D eigenvalue weighted by Gasteiger charge is -2.10. The summed E-state index contributed by atoms with van der Waals surface area (Å²) in [6.07, 6.45) is 2.12. The highest BCUT2D eigenvalue weighted by Gasteiger charge is 2.04. The van der Waals surface area contributed by atoms with E-state index in [2.05, 4.69) is 59.3 Å². The Morgan fingerprint density at radius 2 is 1.60 bits per heavy atom. The minimum atomic E-state index is 0.862. The fourth-order valence-electron chi connectivity index (χ4n) is 2.35. The molecule has 0 saturated heterocycles. The van der Waals surface area contributed by atoms with Crippen molar-refractivity contribution in [3.05, 3.63) is 78.5 Å². The van der Waals surface area contributed by atoms with Gasteiger partial charge < -0.3 is 9.30 Å². The van der Waals surface area contributed by atoms with E-state index in [9.17, 15) is 0 Å². The van der Waals surface area contributed by atoms with Gasteiger partial charge in [-0.25, -0.2) is 0 Å². The van der Waals surface area contributed by atoms with E-state index in [4.69, 9.17) is 4.74 Å². The Morgan fingerprint density at radius 3 is 2.30 bits per heavy atom. The zero-order valence-corrected chi connectivity index (χ0v) is 11.5. The third kappa shape index (κ3) is 2.59. The summed E-state index contributed by atoms with van der Waals surface area (Å²) in [5.41, 5.74) is 3.74. The minimum Gasteiger partial charge on any atom is -0.497 e. The summed E-state index contributed by atoms with van der Waals surface area (Å²) >= 11 is 0. The van der Waals surface area contributed by atoms with E-state index in [1.807, 2.05) is 18.2 Å². The molecule has 0 saturated carbocycles. The summed E-state index contributed by atoms with van der Waals surface area (Å²) in [6.45, 7) is 0.862. The van der Waals surface area contributed by atoms with Gasteiger partial charge in [0, 0.05) is 18.4 Å². The van der Waals surface area contributed by atoms with Gasteiger partial charge in [0.15, 0.2) is 0 Å². The molecule has 2 heteroatoms. The topological polar surface area (TPSA) is 14.2 Å². The number of benzene rings is 2. The first-order valence-electron chi connectivity index (χ1n) is 6.70. The lowest BCUT2D eigenvalue weighted by molar-refractivity contribution is 0.414. The summed E-state index contributed by atoms with van der Waals surface area (Å²) in [6, 6.07) is 22.9. The number of ether oxygens (including phenoxy) is 1. The fraction of sp³-hybridized carbons (Fsp3) is 0.111. The Balaban J connectivity index is 1.86. The monoisotopic (exact) mass is 263 g/mol.